The molecule has 4 rings (SSSR count). The van der Waals surface area contributed by atoms with Gasteiger partial charge in [0.1, 0.15) is 21.6 Å². The van der Waals surface area contributed by atoms with E-state index in [1.165, 1.54) is 42.5 Å². The van der Waals surface area contributed by atoms with E-state index in [4.69, 9.17) is 0 Å². The van der Waals surface area contributed by atoms with Gasteiger partial charge in [-0.1, -0.05) is 12.1 Å². The highest BCUT2D eigenvalue weighted by atomic mass is 32.2. The molecule has 0 aliphatic rings. The van der Waals surface area contributed by atoms with Crippen molar-refractivity contribution in [2.24, 2.45) is 20.5 Å². The second-order valence-electron chi connectivity index (χ2n) is 7.16. The summed E-state index contributed by atoms with van der Waals surface area (Å²) >= 11 is 0. The van der Waals surface area contributed by atoms with E-state index in [0.29, 0.717) is 27.8 Å². The first-order chi connectivity index (χ1) is 16.5. The van der Waals surface area contributed by atoms with Gasteiger partial charge in [0.25, 0.3) is 10.1 Å². The van der Waals surface area contributed by atoms with Crippen LogP contribution in [0, 0.1) is 0 Å². The van der Waals surface area contributed by atoms with Crippen LogP contribution < -0.4 is 0 Å². The van der Waals surface area contributed by atoms with Gasteiger partial charge in [-0.15, -0.1) is 5.11 Å². The lowest BCUT2D eigenvalue weighted by atomic mass is 10.1. The van der Waals surface area contributed by atoms with Crippen LogP contribution in [0.3, 0.4) is 0 Å². The number of benzene rings is 4. The molecule has 0 fully saturated rings. The average molecular weight is 512 g/mol. The molecule has 0 amide bonds. The molecule has 13 heteroatoms. The lowest BCUT2D eigenvalue weighted by Gasteiger charge is -2.06. The summed E-state index contributed by atoms with van der Waals surface area (Å²) in [5.41, 5.74) is 1.37. The molecule has 35 heavy (non-hydrogen) atoms. The summed E-state index contributed by atoms with van der Waals surface area (Å²) in [7, 11) is -8.91. The number of rotatable bonds is 6. The number of hydrogen-bond donors (Lipinski definition) is 2. The summed E-state index contributed by atoms with van der Waals surface area (Å²) < 4.78 is 64.8. The summed E-state index contributed by atoms with van der Waals surface area (Å²) in [6, 6.07) is 18.1. The third-order valence-electron chi connectivity index (χ3n) is 4.76. The molecule has 178 valence electrons. The molecule has 4 aromatic carbocycles. The average Bonchev–Trinajstić information content (AvgIpc) is 2.81. The first kappa shape index (κ1) is 24.1. The fourth-order valence-corrected chi connectivity index (χ4v) is 4.02. The summed E-state index contributed by atoms with van der Waals surface area (Å²) in [4.78, 5) is -0.642. The minimum absolute atomic E-state index is 0.122. The van der Waals surface area contributed by atoms with Gasteiger partial charge in [0.2, 0.25) is 0 Å². The molecule has 0 saturated heterocycles. The molecule has 0 radical (unpaired) electrons. The summed E-state index contributed by atoms with van der Waals surface area (Å²) in [6.07, 6.45) is 0. The van der Waals surface area contributed by atoms with Crippen molar-refractivity contribution < 1.29 is 31.0 Å². The SMILES string of the molecule is O=S(=O)([O-])c1ccc(N=Nc2ccc(N=Nc3c(O)ccc4cc(S(=O)(=O)O)ccc34)cc2)cc1. The summed E-state index contributed by atoms with van der Waals surface area (Å²) in [5.74, 6) is -0.165. The smallest absolute Gasteiger partial charge is 0.294 e. The van der Waals surface area contributed by atoms with Gasteiger partial charge in [-0.25, -0.2) is 8.42 Å². The molecular formula is C22H15N4O7S2-. The second kappa shape index (κ2) is 9.31. The van der Waals surface area contributed by atoms with Gasteiger partial charge in [-0.05, 0) is 72.1 Å². The number of aromatic hydroxyl groups is 1. The Morgan fingerprint density at radius 2 is 1.11 bits per heavy atom. The fraction of sp³-hybridized carbons (Fsp3) is 0. The number of fused-ring (bicyclic) bond motifs is 1. The van der Waals surface area contributed by atoms with Gasteiger partial charge in [-0.2, -0.15) is 23.8 Å². The maximum Gasteiger partial charge on any atom is 0.294 e. The minimum atomic E-state index is -4.53. The molecule has 0 bridgehead atoms. The van der Waals surface area contributed by atoms with Crippen LogP contribution in [0.5, 0.6) is 5.75 Å². The van der Waals surface area contributed by atoms with Crippen molar-refractivity contribution in [1.82, 2.24) is 0 Å². The molecule has 11 nitrogen and oxygen atoms in total. The van der Waals surface area contributed by atoms with Crippen molar-refractivity contribution in [2.75, 3.05) is 0 Å². The molecule has 0 aliphatic carbocycles. The number of hydrogen-bond acceptors (Lipinski definition) is 10. The Labute approximate surface area is 199 Å². The molecule has 0 aliphatic heterocycles. The first-order valence-electron chi connectivity index (χ1n) is 9.73. The third-order valence-corrected chi connectivity index (χ3v) is 6.46. The van der Waals surface area contributed by atoms with E-state index in [1.807, 2.05) is 0 Å². The Morgan fingerprint density at radius 1 is 0.629 bits per heavy atom. The van der Waals surface area contributed by atoms with Crippen LogP contribution in [-0.4, -0.2) is 31.0 Å². The lowest BCUT2D eigenvalue weighted by molar-refractivity contribution is 0.463. The van der Waals surface area contributed by atoms with Crippen LogP contribution in [0.15, 0.2) is 109 Å². The van der Waals surface area contributed by atoms with E-state index in [9.17, 15) is 31.0 Å². The molecule has 4 aromatic rings. The van der Waals surface area contributed by atoms with Crippen molar-refractivity contribution in [3.8, 4) is 5.75 Å². The van der Waals surface area contributed by atoms with Crippen LogP contribution in [0.4, 0.5) is 22.7 Å². The monoisotopic (exact) mass is 511 g/mol. The molecular weight excluding hydrogens is 496 g/mol. The Balaban J connectivity index is 1.53. The van der Waals surface area contributed by atoms with Gasteiger partial charge in [-0.3, -0.25) is 4.55 Å². The number of phenolic OH excluding ortho intramolecular Hbond substituents is 1. The van der Waals surface area contributed by atoms with Crippen molar-refractivity contribution in [2.45, 2.75) is 9.79 Å². The maximum atomic E-state index is 11.4. The van der Waals surface area contributed by atoms with E-state index < -0.39 is 20.2 Å². The maximum absolute atomic E-state index is 11.4. The normalized spacial score (nSPS) is 12.6. The zero-order valence-corrected chi connectivity index (χ0v) is 19.2. The largest absolute Gasteiger partial charge is 0.744 e. The number of phenols is 1. The zero-order chi connectivity index (χ0) is 25.2. The van der Waals surface area contributed by atoms with E-state index in [1.54, 1.807) is 24.3 Å². The van der Waals surface area contributed by atoms with Crippen LogP contribution in [0.2, 0.25) is 0 Å². The molecule has 0 unspecified atom stereocenters. The lowest BCUT2D eigenvalue weighted by Crippen LogP contribution is -1.97. The highest BCUT2D eigenvalue weighted by Crippen LogP contribution is 2.37. The van der Waals surface area contributed by atoms with Crippen LogP contribution in [0.1, 0.15) is 0 Å². The standard InChI is InChI=1S/C22H16N4O7S2/c27-21-12-1-14-13-19(35(31,32)33)10-11-20(14)22(21)26-25-16-4-2-15(3-5-16)23-24-17-6-8-18(9-7-17)34(28,29)30/h1-13,27H,(H,28,29,30)(H,31,32,33)/p-1. The molecule has 0 spiro atoms. The van der Waals surface area contributed by atoms with Gasteiger partial charge >= 0.3 is 0 Å². The van der Waals surface area contributed by atoms with E-state index in [2.05, 4.69) is 20.5 Å². The Kier molecular flexibility index (Phi) is 6.41. The quantitative estimate of drug-likeness (QED) is 0.252. The van der Waals surface area contributed by atoms with Gasteiger partial charge in [0, 0.05) is 5.39 Å². The van der Waals surface area contributed by atoms with Crippen LogP contribution in [-0.2, 0) is 20.2 Å². The predicted octanol–water partition coefficient (Wildman–Crippen LogP) is 5.53. The summed E-state index contributed by atoms with van der Waals surface area (Å²) in [6.45, 7) is 0. The second-order valence-corrected chi connectivity index (χ2v) is 9.96. The number of nitrogens with zero attached hydrogens (tertiary/aromatic N) is 4. The van der Waals surface area contributed by atoms with Crippen molar-refractivity contribution >= 4 is 53.8 Å². The van der Waals surface area contributed by atoms with E-state index in [0.717, 1.165) is 12.1 Å². The van der Waals surface area contributed by atoms with Crippen molar-refractivity contribution in [3.63, 3.8) is 0 Å². The zero-order valence-electron chi connectivity index (χ0n) is 17.5. The molecule has 2 N–H and O–H groups in total. The topological polar surface area (TPSA) is 181 Å². The van der Waals surface area contributed by atoms with E-state index in [-0.39, 0.29) is 21.2 Å². The Hall–Kier alpha value is -4.04. The Bertz CT molecular complexity index is 1680. The highest BCUT2D eigenvalue weighted by molar-refractivity contribution is 7.86. The van der Waals surface area contributed by atoms with Crippen LogP contribution >= 0.6 is 0 Å². The van der Waals surface area contributed by atoms with Gasteiger partial charge in [0.15, 0.2) is 0 Å². The van der Waals surface area contributed by atoms with Crippen molar-refractivity contribution in [1.29, 1.82) is 0 Å². The minimum Gasteiger partial charge on any atom is -0.744 e. The first-order valence-corrected chi connectivity index (χ1v) is 12.6. The highest BCUT2D eigenvalue weighted by Gasteiger charge is 2.13. The van der Waals surface area contributed by atoms with Gasteiger partial charge < -0.3 is 9.66 Å². The van der Waals surface area contributed by atoms with Gasteiger partial charge in [0.05, 0.1) is 26.9 Å². The van der Waals surface area contributed by atoms with Crippen molar-refractivity contribution in [3.05, 3.63) is 78.9 Å². The molecule has 0 saturated carbocycles. The Morgan fingerprint density at radius 3 is 1.63 bits per heavy atom. The van der Waals surface area contributed by atoms with Crippen LogP contribution in [0.25, 0.3) is 10.8 Å². The number of azo groups is 2. The third kappa shape index (κ3) is 5.73. The molecule has 0 atom stereocenters. The summed E-state index contributed by atoms with van der Waals surface area (Å²) in [5, 5.41) is 27.2. The van der Waals surface area contributed by atoms with E-state index >= 15 is 0 Å². The molecule has 0 heterocycles. The fourth-order valence-electron chi connectivity index (χ4n) is 3.03. The predicted molar refractivity (Wildman–Crippen MR) is 125 cm³/mol. The molecule has 0 aromatic heterocycles.